The zero-order valence-electron chi connectivity index (χ0n) is 16.6. The first-order valence-electron chi connectivity index (χ1n) is 10.0. The van der Waals surface area contributed by atoms with E-state index in [1.165, 1.54) is 17.4 Å². The average Bonchev–Trinajstić information content (AvgIpc) is 3.03. The zero-order chi connectivity index (χ0) is 19.2. The first-order valence-corrected chi connectivity index (χ1v) is 10.0. The minimum absolute atomic E-state index is 0.00949. The van der Waals surface area contributed by atoms with E-state index in [1.54, 1.807) is 0 Å². The highest BCUT2D eigenvalue weighted by Crippen LogP contribution is 2.26. The first-order chi connectivity index (χ1) is 13.2. The molecule has 0 aliphatic rings. The molecular formula is C24H29NO2. The Morgan fingerprint density at radius 1 is 1.00 bits per heavy atom. The van der Waals surface area contributed by atoms with Crippen LogP contribution in [0.4, 0.5) is 0 Å². The molecule has 27 heavy (non-hydrogen) atoms. The number of carbonyl (C=O) groups is 1. The number of fused-ring (bicyclic) bond motifs is 1. The molecule has 3 aromatic rings. The normalized spacial score (nSPS) is 11.1. The number of hydrogen-bond acceptors (Lipinski definition) is 2. The van der Waals surface area contributed by atoms with Crippen LogP contribution in [0.2, 0.25) is 0 Å². The van der Waals surface area contributed by atoms with Gasteiger partial charge in [-0.25, -0.2) is 0 Å². The van der Waals surface area contributed by atoms with Crippen LogP contribution in [0.25, 0.3) is 10.9 Å². The van der Waals surface area contributed by atoms with Crippen molar-refractivity contribution in [2.24, 2.45) is 0 Å². The Labute approximate surface area is 162 Å². The fourth-order valence-electron chi connectivity index (χ4n) is 3.44. The molecule has 3 nitrogen and oxygen atoms in total. The number of hydrogen-bond donors (Lipinski definition) is 0. The highest BCUT2D eigenvalue weighted by atomic mass is 16.5. The van der Waals surface area contributed by atoms with Crippen LogP contribution in [0.3, 0.4) is 0 Å². The Morgan fingerprint density at radius 2 is 1.74 bits per heavy atom. The molecule has 0 N–H and O–H groups in total. The number of carbonyl (C=O) groups excluding carboxylic acids is 1. The van der Waals surface area contributed by atoms with E-state index in [1.807, 2.05) is 41.8 Å². The van der Waals surface area contributed by atoms with E-state index in [-0.39, 0.29) is 5.91 Å². The highest BCUT2D eigenvalue weighted by molar-refractivity contribution is 6.03. The number of aromatic nitrogens is 1. The lowest BCUT2D eigenvalue weighted by atomic mass is 10.0. The second-order valence-corrected chi connectivity index (χ2v) is 7.11. The van der Waals surface area contributed by atoms with Crippen LogP contribution in [0, 0.1) is 6.92 Å². The number of aryl methyl sites for hydroxylation is 2. The molecule has 142 valence electrons. The number of rotatable bonds is 8. The Hall–Kier alpha value is -2.55. The summed E-state index contributed by atoms with van der Waals surface area (Å²) in [6, 6.07) is 15.9. The third kappa shape index (κ3) is 4.24. The fraction of sp³-hybridized carbons (Fsp3) is 0.375. The molecule has 0 radical (unpaired) electrons. The van der Waals surface area contributed by atoms with Crippen molar-refractivity contribution in [1.29, 1.82) is 0 Å². The van der Waals surface area contributed by atoms with Gasteiger partial charge in [0.1, 0.15) is 5.75 Å². The van der Waals surface area contributed by atoms with Gasteiger partial charge in [-0.05, 0) is 68.1 Å². The van der Waals surface area contributed by atoms with Gasteiger partial charge in [-0.15, -0.1) is 0 Å². The van der Waals surface area contributed by atoms with E-state index < -0.39 is 0 Å². The van der Waals surface area contributed by atoms with E-state index in [0.29, 0.717) is 12.2 Å². The maximum Gasteiger partial charge on any atom is 0.262 e. The molecule has 0 amide bonds. The molecule has 0 spiro atoms. The van der Waals surface area contributed by atoms with Crippen molar-refractivity contribution in [3.63, 3.8) is 0 Å². The second-order valence-electron chi connectivity index (χ2n) is 7.11. The van der Waals surface area contributed by atoms with Crippen molar-refractivity contribution in [2.45, 2.75) is 52.9 Å². The summed E-state index contributed by atoms with van der Waals surface area (Å²) in [6.45, 7) is 7.06. The predicted octanol–water partition coefficient (Wildman–Crippen LogP) is 6.16. The van der Waals surface area contributed by atoms with Gasteiger partial charge in [-0.1, -0.05) is 38.8 Å². The van der Waals surface area contributed by atoms with Gasteiger partial charge in [0.25, 0.3) is 5.91 Å². The summed E-state index contributed by atoms with van der Waals surface area (Å²) in [5.74, 6) is 0.825. The smallest absolute Gasteiger partial charge is 0.262 e. The van der Waals surface area contributed by atoms with Gasteiger partial charge < -0.3 is 4.74 Å². The molecule has 1 aromatic heterocycles. The van der Waals surface area contributed by atoms with Crippen LogP contribution in [0.5, 0.6) is 5.75 Å². The molecule has 0 saturated carbocycles. The van der Waals surface area contributed by atoms with Gasteiger partial charge in [0.05, 0.1) is 12.1 Å². The third-order valence-electron chi connectivity index (χ3n) is 4.99. The minimum atomic E-state index is 0.00949. The molecule has 0 saturated heterocycles. The van der Waals surface area contributed by atoms with Gasteiger partial charge >= 0.3 is 0 Å². The second kappa shape index (κ2) is 8.90. The van der Waals surface area contributed by atoms with Gasteiger partial charge in [0, 0.05) is 16.6 Å². The van der Waals surface area contributed by atoms with Gasteiger partial charge in [0.15, 0.2) is 0 Å². The lowest BCUT2D eigenvalue weighted by Gasteiger charge is -2.09. The molecule has 3 heteroatoms. The Morgan fingerprint density at radius 3 is 2.44 bits per heavy atom. The molecule has 0 fully saturated rings. The molecule has 0 unspecified atom stereocenters. The molecule has 1 heterocycles. The summed E-state index contributed by atoms with van der Waals surface area (Å²) >= 11 is 0. The van der Waals surface area contributed by atoms with Crippen molar-refractivity contribution in [3.8, 4) is 5.75 Å². The monoisotopic (exact) mass is 363 g/mol. The SMILES string of the molecule is CCCCOc1ccc(C(=O)n2c(C)cc3c(CCCC)cccc32)cc1. The molecule has 0 atom stereocenters. The largest absolute Gasteiger partial charge is 0.494 e. The van der Waals surface area contributed by atoms with Crippen molar-refractivity contribution in [1.82, 2.24) is 4.57 Å². The van der Waals surface area contributed by atoms with Crippen LogP contribution >= 0.6 is 0 Å². The van der Waals surface area contributed by atoms with Crippen LogP contribution in [0.15, 0.2) is 48.5 Å². The summed E-state index contributed by atoms with van der Waals surface area (Å²) < 4.78 is 7.53. The molecule has 2 aromatic carbocycles. The van der Waals surface area contributed by atoms with Gasteiger partial charge in [0.2, 0.25) is 0 Å². The van der Waals surface area contributed by atoms with Gasteiger partial charge in [-0.2, -0.15) is 0 Å². The average molecular weight is 364 g/mol. The quantitative estimate of drug-likeness (QED) is 0.449. The third-order valence-corrected chi connectivity index (χ3v) is 4.99. The lowest BCUT2D eigenvalue weighted by molar-refractivity contribution is 0.0963. The summed E-state index contributed by atoms with van der Waals surface area (Å²) in [5, 5.41) is 1.19. The fourth-order valence-corrected chi connectivity index (χ4v) is 3.44. The van der Waals surface area contributed by atoms with E-state index >= 15 is 0 Å². The van der Waals surface area contributed by atoms with Crippen LogP contribution < -0.4 is 4.74 Å². The Bertz CT molecular complexity index is 906. The Balaban J connectivity index is 1.88. The van der Waals surface area contributed by atoms with E-state index in [4.69, 9.17) is 4.74 Å². The van der Waals surface area contributed by atoms with E-state index in [2.05, 4.69) is 32.0 Å². The van der Waals surface area contributed by atoms with Crippen molar-refractivity contribution in [2.75, 3.05) is 6.61 Å². The maximum atomic E-state index is 13.2. The summed E-state index contributed by atoms with van der Waals surface area (Å²) in [4.78, 5) is 13.2. The highest BCUT2D eigenvalue weighted by Gasteiger charge is 2.16. The number of unbranched alkanes of at least 4 members (excludes halogenated alkanes) is 2. The molecule has 3 rings (SSSR count). The Kier molecular flexibility index (Phi) is 6.33. The minimum Gasteiger partial charge on any atom is -0.494 e. The molecular weight excluding hydrogens is 334 g/mol. The number of benzene rings is 2. The van der Waals surface area contributed by atoms with E-state index in [9.17, 15) is 4.79 Å². The standard InChI is InChI=1S/C24H29NO2/c1-4-6-9-19-10-8-11-23-22(19)17-18(3)25(23)24(26)20-12-14-21(15-13-20)27-16-7-5-2/h8,10-15,17H,4-7,9,16H2,1-3H3. The van der Waals surface area contributed by atoms with E-state index in [0.717, 1.165) is 42.6 Å². The van der Waals surface area contributed by atoms with Crippen molar-refractivity contribution < 1.29 is 9.53 Å². The maximum absolute atomic E-state index is 13.2. The molecule has 0 aliphatic heterocycles. The topological polar surface area (TPSA) is 31.2 Å². The summed E-state index contributed by atoms with van der Waals surface area (Å²) in [7, 11) is 0. The lowest BCUT2D eigenvalue weighted by Crippen LogP contribution is -2.13. The van der Waals surface area contributed by atoms with Crippen molar-refractivity contribution >= 4 is 16.8 Å². The first kappa shape index (κ1) is 19.2. The molecule has 0 aliphatic carbocycles. The summed E-state index contributed by atoms with van der Waals surface area (Å²) in [6.07, 6.45) is 5.53. The van der Waals surface area contributed by atoms with Crippen LogP contribution in [-0.2, 0) is 6.42 Å². The van der Waals surface area contributed by atoms with Crippen LogP contribution in [-0.4, -0.2) is 17.1 Å². The van der Waals surface area contributed by atoms with Gasteiger partial charge in [-0.3, -0.25) is 9.36 Å². The van der Waals surface area contributed by atoms with Crippen LogP contribution in [0.1, 0.15) is 61.1 Å². The molecule has 0 bridgehead atoms. The summed E-state index contributed by atoms with van der Waals surface area (Å²) in [5.41, 5.74) is 3.97. The number of nitrogens with zero attached hydrogens (tertiary/aromatic N) is 1. The number of ether oxygens (including phenoxy) is 1. The predicted molar refractivity (Wildman–Crippen MR) is 112 cm³/mol. The zero-order valence-corrected chi connectivity index (χ0v) is 16.6. The van der Waals surface area contributed by atoms with Crippen molar-refractivity contribution in [3.05, 3.63) is 65.4 Å².